The summed E-state index contributed by atoms with van der Waals surface area (Å²) >= 11 is 0. The fourth-order valence-corrected chi connectivity index (χ4v) is 3.45. The number of aromatic nitrogens is 2. The predicted octanol–water partition coefficient (Wildman–Crippen LogP) is 2.12. The van der Waals surface area contributed by atoms with Crippen LogP contribution in [0.25, 0.3) is 0 Å². The summed E-state index contributed by atoms with van der Waals surface area (Å²) in [6, 6.07) is 0. The number of rotatable bonds is 6. The number of alkyl halides is 3. The van der Waals surface area contributed by atoms with Crippen LogP contribution in [0.1, 0.15) is 30.8 Å². The molecular formula is C17H24F3N3O3. The van der Waals surface area contributed by atoms with Crippen molar-refractivity contribution in [3.05, 3.63) is 17.7 Å². The lowest BCUT2D eigenvalue weighted by Crippen LogP contribution is -2.37. The molecule has 2 atom stereocenters. The van der Waals surface area contributed by atoms with E-state index < -0.39 is 11.9 Å². The van der Waals surface area contributed by atoms with E-state index in [0.717, 1.165) is 25.6 Å². The Labute approximate surface area is 150 Å². The summed E-state index contributed by atoms with van der Waals surface area (Å²) in [4.78, 5) is 17.4. The molecule has 9 heteroatoms. The lowest BCUT2D eigenvalue weighted by atomic mass is 9.99. The third kappa shape index (κ3) is 4.76. The molecule has 0 unspecified atom stereocenters. The number of carbonyl (C=O) groups is 1. The Morgan fingerprint density at radius 3 is 2.96 bits per heavy atom. The molecule has 1 saturated heterocycles. The summed E-state index contributed by atoms with van der Waals surface area (Å²) in [7, 11) is 1.70. The number of aryl methyl sites for hydroxylation is 1. The first-order valence-electron chi connectivity index (χ1n) is 8.89. The van der Waals surface area contributed by atoms with E-state index >= 15 is 0 Å². The lowest BCUT2D eigenvalue weighted by Gasteiger charge is -2.28. The fourth-order valence-electron chi connectivity index (χ4n) is 3.45. The van der Waals surface area contributed by atoms with E-state index in [1.165, 1.54) is 0 Å². The predicted molar refractivity (Wildman–Crippen MR) is 86.5 cm³/mol. The van der Waals surface area contributed by atoms with Gasteiger partial charge in [-0.15, -0.1) is 0 Å². The average Bonchev–Trinajstić information content (AvgIpc) is 3.22. The van der Waals surface area contributed by atoms with E-state index in [0.29, 0.717) is 38.4 Å². The lowest BCUT2D eigenvalue weighted by molar-refractivity contribution is -0.141. The number of nitrogens with zero attached hydrogens (tertiary/aromatic N) is 3. The molecule has 146 valence electrons. The van der Waals surface area contributed by atoms with Gasteiger partial charge in [0.25, 0.3) is 0 Å². The Morgan fingerprint density at radius 1 is 1.46 bits per heavy atom. The van der Waals surface area contributed by atoms with E-state index in [1.807, 2.05) is 0 Å². The van der Waals surface area contributed by atoms with Crippen LogP contribution in [0.2, 0.25) is 0 Å². The van der Waals surface area contributed by atoms with Crippen molar-refractivity contribution in [2.45, 2.75) is 44.5 Å². The molecule has 0 aromatic carbocycles. The van der Waals surface area contributed by atoms with Gasteiger partial charge >= 0.3 is 6.18 Å². The minimum absolute atomic E-state index is 0.00235. The molecule has 2 aliphatic heterocycles. The number of carbonyl (C=O) groups excluding carboxylic acids is 1. The van der Waals surface area contributed by atoms with Gasteiger partial charge in [-0.3, -0.25) is 4.79 Å². The van der Waals surface area contributed by atoms with Crippen LogP contribution in [0.5, 0.6) is 0 Å². The van der Waals surface area contributed by atoms with Gasteiger partial charge in [-0.25, -0.2) is 4.98 Å². The maximum absolute atomic E-state index is 12.8. The second-order valence-electron chi connectivity index (χ2n) is 7.02. The summed E-state index contributed by atoms with van der Waals surface area (Å²) < 4.78 is 50.7. The van der Waals surface area contributed by atoms with Crippen molar-refractivity contribution < 1.29 is 27.4 Å². The zero-order valence-electron chi connectivity index (χ0n) is 14.8. The third-order valence-corrected chi connectivity index (χ3v) is 4.89. The first kappa shape index (κ1) is 19.2. The molecule has 0 aliphatic carbocycles. The van der Waals surface area contributed by atoms with Gasteiger partial charge in [0.2, 0.25) is 5.91 Å². The van der Waals surface area contributed by atoms with Crippen molar-refractivity contribution in [3.8, 4) is 0 Å². The Bertz CT molecular complexity index is 627. The van der Waals surface area contributed by atoms with E-state index in [9.17, 15) is 18.0 Å². The first-order valence-corrected chi connectivity index (χ1v) is 8.89. The monoisotopic (exact) mass is 375 g/mol. The van der Waals surface area contributed by atoms with Gasteiger partial charge < -0.3 is 18.9 Å². The van der Waals surface area contributed by atoms with E-state index in [1.54, 1.807) is 16.5 Å². The number of imidazole rings is 1. The van der Waals surface area contributed by atoms with Gasteiger partial charge in [-0.05, 0) is 25.2 Å². The van der Waals surface area contributed by atoms with Gasteiger partial charge in [0.05, 0.1) is 12.7 Å². The Balaban J connectivity index is 1.45. The minimum atomic E-state index is -4.42. The summed E-state index contributed by atoms with van der Waals surface area (Å²) in [5.74, 6) is 0.433. The van der Waals surface area contributed by atoms with Crippen LogP contribution in [-0.4, -0.2) is 59.9 Å². The highest BCUT2D eigenvalue weighted by Crippen LogP contribution is 2.30. The van der Waals surface area contributed by atoms with Crippen LogP contribution < -0.4 is 0 Å². The standard InChI is InChI=1S/C17H24F3N3O3/c1-22(16(24)11-25-10-13-3-2-6-26-13)7-12-4-5-15-21-14(17(18,19)20)9-23(15)8-12/h9,12-13H,2-8,10-11H2,1H3/t12-,13+/m1/s1. The topological polar surface area (TPSA) is 56.6 Å². The Morgan fingerprint density at radius 2 is 2.27 bits per heavy atom. The van der Waals surface area contributed by atoms with Crippen molar-refractivity contribution in [2.24, 2.45) is 5.92 Å². The molecule has 0 radical (unpaired) electrons. The van der Waals surface area contributed by atoms with E-state index in [2.05, 4.69) is 4.98 Å². The number of halogens is 3. The highest BCUT2D eigenvalue weighted by molar-refractivity contribution is 5.77. The largest absolute Gasteiger partial charge is 0.434 e. The second-order valence-corrected chi connectivity index (χ2v) is 7.02. The molecule has 1 amide bonds. The Kier molecular flexibility index (Phi) is 5.86. The fraction of sp³-hybridized carbons (Fsp3) is 0.765. The maximum atomic E-state index is 12.8. The van der Waals surface area contributed by atoms with E-state index in [-0.39, 0.29) is 24.5 Å². The molecule has 3 rings (SSSR count). The molecule has 1 fully saturated rings. The van der Waals surface area contributed by atoms with Crippen LogP contribution >= 0.6 is 0 Å². The molecule has 3 heterocycles. The average molecular weight is 375 g/mol. The smallest absolute Gasteiger partial charge is 0.376 e. The zero-order chi connectivity index (χ0) is 18.7. The highest BCUT2D eigenvalue weighted by Gasteiger charge is 2.36. The van der Waals surface area contributed by atoms with Crippen LogP contribution in [0.4, 0.5) is 13.2 Å². The quantitative estimate of drug-likeness (QED) is 0.764. The number of hydrogen-bond donors (Lipinski definition) is 0. The van der Waals surface area contributed by atoms with Crippen LogP contribution in [-0.2, 0) is 33.4 Å². The molecule has 0 N–H and O–H groups in total. The molecule has 6 nitrogen and oxygen atoms in total. The third-order valence-electron chi connectivity index (χ3n) is 4.89. The van der Waals surface area contributed by atoms with Crippen molar-refractivity contribution in [1.29, 1.82) is 0 Å². The first-order chi connectivity index (χ1) is 12.3. The van der Waals surface area contributed by atoms with Crippen molar-refractivity contribution in [3.63, 3.8) is 0 Å². The van der Waals surface area contributed by atoms with Crippen LogP contribution in [0.15, 0.2) is 6.20 Å². The summed E-state index contributed by atoms with van der Waals surface area (Å²) in [6.45, 7) is 2.09. The van der Waals surface area contributed by atoms with Gasteiger partial charge in [0, 0.05) is 39.4 Å². The summed E-state index contributed by atoms with van der Waals surface area (Å²) in [5.41, 5.74) is -0.847. The maximum Gasteiger partial charge on any atom is 0.434 e. The van der Waals surface area contributed by atoms with Crippen molar-refractivity contribution in [2.75, 3.05) is 33.4 Å². The number of amides is 1. The molecule has 1 aromatic heterocycles. The Hall–Kier alpha value is -1.61. The SMILES string of the molecule is CN(C[C@H]1CCc2nc(C(F)(F)F)cn2C1)C(=O)COC[C@@H]1CCCO1. The van der Waals surface area contributed by atoms with Gasteiger partial charge in [-0.2, -0.15) is 13.2 Å². The highest BCUT2D eigenvalue weighted by atomic mass is 19.4. The number of fused-ring (bicyclic) bond motifs is 1. The van der Waals surface area contributed by atoms with Crippen molar-refractivity contribution in [1.82, 2.24) is 14.5 Å². The molecule has 26 heavy (non-hydrogen) atoms. The molecule has 2 aliphatic rings. The van der Waals surface area contributed by atoms with Gasteiger partial charge in [0.15, 0.2) is 5.69 Å². The molecule has 0 saturated carbocycles. The normalized spacial score (nSPS) is 23.1. The molecule has 0 bridgehead atoms. The number of ether oxygens (including phenoxy) is 2. The van der Waals surface area contributed by atoms with E-state index in [4.69, 9.17) is 9.47 Å². The molecule has 0 spiro atoms. The number of likely N-dealkylation sites (N-methyl/N-ethyl adjacent to an activating group) is 1. The molecule has 1 aromatic rings. The summed E-state index contributed by atoms with van der Waals surface area (Å²) in [5, 5.41) is 0. The zero-order valence-corrected chi connectivity index (χ0v) is 14.8. The number of hydrogen-bond acceptors (Lipinski definition) is 4. The van der Waals surface area contributed by atoms with Gasteiger partial charge in [-0.1, -0.05) is 0 Å². The van der Waals surface area contributed by atoms with Gasteiger partial charge in [0.1, 0.15) is 12.4 Å². The molecular weight excluding hydrogens is 351 g/mol. The van der Waals surface area contributed by atoms with Crippen LogP contribution in [0.3, 0.4) is 0 Å². The second kappa shape index (κ2) is 7.96. The van der Waals surface area contributed by atoms with Crippen molar-refractivity contribution >= 4 is 5.91 Å². The summed E-state index contributed by atoms with van der Waals surface area (Å²) in [6.07, 6.45) is -0.106. The minimum Gasteiger partial charge on any atom is -0.376 e. The van der Waals surface area contributed by atoms with Crippen LogP contribution in [0, 0.1) is 5.92 Å².